The molecule has 1 saturated heterocycles. The molecule has 0 bridgehead atoms. The van der Waals surface area contributed by atoms with E-state index in [0.29, 0.717) is 13.1 Å². The van der Waals surface area contributed by atoms with Crippen molar-refractivity contribution >= 4 is 10.0 Å². The number of nitrogens with zero attached hydrogens (tertiary/aromatic N) is 1. The molecule has 1 fully saturated rings. The molecule has 106 valence electrons. The topological polar surface area (TPSA) is 49.4 Å². The molecule has 4 nitrogen and oxygen atoms in total. The molecule has 2 atom stereocenters. The molecular formula is C14H22N2O2S. The summed E-state index contributed by atoms with van der Waals surface area (Å²) in [6.45, 7) is 5.87. The first kappa shape index (κ1) is 14.5. The molecule has 0 amide bonds. The molecule has 1 heterocycles. The van der Waals surface area contributed by atoms with Gasteiger partial charge in [0.15, 0.2) is 0 Å². The van der Waals surface area contributed by atoms with Crippen LogP contribution in [-0.4, -0.2) is 44.2 Å². The number of piperazine rings is 1. The molecule has 1 N–H and O–H groups in total. The highest BCUT2D eigenvalue weighted by Crippen LogP contribution is 2.19. The van der Waals surface area contributed by atoms with Gasteiger partial charge in [0, 0.05) is 25.7 Å². The molecule has 0 radical (unpaired) electrons. The van der Waals surface area contributed by atoms with Gasteiger partial charge >= 0.3 is 0 Å². The van der Waals surface area contributed by atoms with Crippen LogP contribution in [-0.2, 0) is 10.0 Å². The highest BCUT2D eigenvalue weighted by Gasteiger charge is 2.28. The first-order chi connectivity index (χ1) is 8.99. The van der Waals surface area contributed by atoms with Crippen molar-refractivity contribution in [3.8, 4) is 0 Å². The van der Waals surface area contributed by atoms with E-state index in [4.69, 9.17) is 0 Å². The third-order valence-electron chi connectivity index (χ3n) is 3.55. The Hall–Kier alpha value is -0.910. The van der Waals surface area contributed by atoms with Gasteiger partial charge in [-0.25, -0.2) is 8.42 Å². The van der Waals surface area contributed by atoms with Crippen LogP contribution in [0.1, 0.15) is 25.3 Å². The maximum Gasteiger partial charge on any atom is 0.214 e. The van der Waals surface area contributed by atoms with E-state index in [1.807, 2.05) is 44.2 Å². The van der Waals surface area contributed by atoms with Crippen molar-refractivity contribution in [2.45, 2.75) is 25.8 Å². The lowest BCUT2D eigenvalue weighted by atomic mass is 10.0. The lowest BCUT2D eigenvalue weighted by molar-refractivity contribution is 0.309. The van der Waals surface area contributed by atoms with Crippen molar-refractivity contribution in [1.82, 2.24) is 9.62 Å². The first-order valence-corrected chi connectivity index (χ1v) is 8.36. The second-order valence-corrected chi connectivity index (χ2v) is 7.32. The minimum absolute atomic E-state index is 0.0244. The normalized spacial score (nSPS) is 23.2. The molecule has 0 spiro atoms. The van der Waals surface area contributed by atoms with E-state index in [-0.39, 0.29) is 17.7 Å². The molecule has 5 heteroatoms. The number of benzene rings is 1. The Bertz CT molecular complexity index is 501. The monoisotopic (exact) mass is 282 g/mol. The number of hydrogen-bond acceptors (Lipinski definition) is 3. The maximum atomic E-state index is 12.4. The summed E-state index contributed by atoms with van der Waals surface area (Å²) in [6.07, 6.45) is 0. The van der Waals surface area contributed by atoms with E-state index >= 15 is 0 Å². The fourth-order valence-corrected chi connectivity index (χ4v) is 4.30. The van der Waals surface area contributed by atoms with Gasteiger partial charge in [-0.2, -0.15) is 4.31 Å². The van der Waals surface area contributed by atoms with E-state index in [2.05, 4.69) is 5.32 Å². The predicted octanol–water partition coefficient (Wildman–Crippen LogP) is 1.41. The summed E-state index contributed by atoms with van der Waals surface area (Å²) in [7, 11) is -3.17. The summed E-state index contributed by atoms with van der Waals surface area (Å²) in [5, 5.41) is 3.26. The molecule has 1 aromatic carbocycles. The van der Waals surface area contributed by atoms with Crippen LogP contribution in [0.25, 0.3) is 0 Å². The van der Waals surface area contributed by atoms with Gasteiger partial charge in [0.25, 0.3) is 0 Å². The Kier molecular flexibility index (Phi) is 4.60. The van der Waals surface area contributed by atoms with Crippen LogP contribution in [0.4, 0.5) is 0 Å². The van der Waals surface area contributed by atoms with Gasteiger partial charge in [0.2, 0.25) is 10.0 Å². The van der Waals surface area contributed by atoms with Crippen LogP contribution in [0, 0.1) is 0 Å². The van der Waals surface area contributed by atoms with Crippen LogP contribution in [0.3, 0.4) is 0 Å². The highest BCUT2D eigenvalue weighted by molar-refractivity contribution is 7.89. The van der Waals surface area contributed by atoms with Gasteiger partial charge in [-0.1, -0.05) is 37.3 Å². The maximum absolute atomic E-state index is 12.4. The van der Waals surface area contributed by atoms with Crippen molar-refractivity contribution in [3.63, 3.8) is 0 Å². The van der Waals surface area contributed by atoms with Gasteiger partial charge in [-0.3, -0.25) is 0 Å². The Balaban J connectivity index is 2.04. The molecular weight excluding hydrogens is 260 g/mol. The van der Waals surface area contributed by atoms with Gasteiger partial charge in [0.05, 0.1) is 5.75 Å². The molecule has 19 heavy (non-hydrogen) atoms. The van der Waals surface area contributed by atoms with E-state index in [1.165, 1.54) is 0 Å². The Morgan fingerprint density at radius 3 is 2.68 bits per heavy atom. The van der Waals surface area contributed by atoms with Crippen molar-refractivity contribution in [2.24, 2.45) is 0 Å². The molecule has 1 aliphatic rings. The van der Waals surface area contributed by atoms with E-state index < -0.39 is 10.0 Å². The average Bonchev–Trinajstić information content (AvgIpc) is 2.39. The zero-order chi connectivity index (χ0) is 13.9. The summed E-state index contributed by atoms with van der Waals surface area (Å²) < 4.78 is 26.4. The first-order valence-electron chi connectivity index (χ1n) is 6.75. The standard InChI is InChI=1S/C14H22N2O2S/c1-12(14-6-4-3-5-7-14)11-19(17,18)16-9-8-15-13(2)10-16/h3-7,12-13,15H,8-11H2,1-2H3/t12?,13-/m0/s1. The minimum atomic E-state index is -3.17. The van der Waals surface area contributed by atoms with E-state index in [0.717, 1.165) is 12.1 Å². The minimum Gasteiger partial charge on any atom is -0.312 e. The van der Waals surface area contributed by atoms with Gasteiger partial charge < -0.3 is 5.32 Å². The van der Waals surface area contributed by atoms with E-state index in [1.54, 1.807) is 4.31 Å². The second kappa shape index (κ2) is 6.03. The average molecular weight is 282 g/mol. The summed E-state index contributed by atoms with van der Waals surface area (Å²) in [5.41, 5.74) is 1.08. The molecule has 1 aliphatic heterocycles. The fraction of sp³-hybridized carbons (Fsp3) is 0.571. The Morgan fingerprint density at radius 1 is 1.37 bits per heavy atom. The van der Waals surface area contributed by atoms with Crippen molar-refractivity contribution in [3.05, 3.63) is 35.9 Å². The highest BCUT2D eigenvalue weighted by atomic mass is 32.2. The number of nitrogens with one attached hydrogen (secondary N) is 1. The zero-order valence-electron chi connectivity index (χ0n) is 11.5. The van der Waals surface area contributed by atoms with Crippen molar-refractivity contribution in [2.75, 3.05) is 25.4 Å². The molecule has 0 aromatic heterocycles. The summed E-state index contributed by atoms with van der Waals surface area (Å²) in [5.74, 6) is 0.209. The fourth-order valence-electron chi connectivity index (χ4n) is 2.45. The summed E-state index contributed by atoms with van der Waals surface area (Å²) in [4.78, 5) is 0. The second-order valence-electron chi connectivity index (χ2n) is 5.30. The van der Waals surface area contributed by atoms with Crippen LogP contribution >= 0.6 is 0 Å². The van der Waals surface area contributed by atoms with Crippen LogP contribution < -0.4 is 5.32 Å². The molecule has 1 aromatic rings. The SMILES string of the molecule is CC(CS(=O)(=O)N1CCN[C@@H](C)C1)c1ccccc1. The smallest absolute Gasteiger partial charge is 0.214 e. The number of hydrogen-bond donors (Lipinski definition) is 1. The Labute approximate surface area is 115 Å². The molecule has 0 saturated carbocycles. The third kappa shape index (κ3) is 3.78. The quantitative estimate of drug-likeness (QED) is 0.908. The number of sulfonamides is 1. The van der Waals surface area contributed by atoms with Gasteiger partial charge in [0.1, 0.15) is 0 Å². The zero-order valence-corrected chi connectivity index (χ0v) is 12.4. The van der Waals surface area contributed by atoms with Crippen LogP contribution in [0.5, 0.6) is 0 Å². The summed E-state index contributed by atoms with van der Waals surface area (Å²) >= 11 is 0. The van der Waals surface area contributed by atoms with Crippen molar-refractivity contribution in [1.29, 1.82) is 0 Å². The lowest BCUT2D eigenvalue weighted by Gasteiger charge is -2.31. The van der Waals surface area contributed by atoms with Crippen LogP contribution in [0.2, 0.25) is 0 Å². The lowest BCUT2D eigenvalue weighted by Crippen LogP contribution is -2.52. The largest absolute Gasteiger partial charge is 0.312 e. The number of rotatable bonds is 4. The predicted molar refractivity (Wildman–Crippen MR) is 77.7 cm³/mol. The molecule has 2 rings (SSSR count). The van der Waals surface area contributed by atoms with Crippen LogP contribution in [0.15, 0.2) is 30.3 Å². The molecule has 1 unspecified atom stereocenters. The Morgan fingerprint density at radius 2 is 2.05 bits per heavy atom. The van der Waals surface area contributed by atoms with Gasteiger partial charge in [-0.15, -0.1) is 0 Å². The third-order valence-corrected chi connectivity index (χ3v) is 5.59. The summed E-state index contributed by atoms with van der Waals surface area (Å²) in [6, 6.07) is 10.1. The molecule has 0 aliphatic carbocycles. The van der Waals surface area contributed by atoms with E-state index in [9.17, 15) is 8.42 Å². The van der Waals surface area contributed by atoms with Gasteiger partial charge in [-0.05, 0) is 18.4 Å². The van der Waals surface area contributed by atoms with Crippen molar-refractivity contribution < 1.29 is 8.42 Å².